The molecule has 0 aliphatic heterocycles. The molecule has 0 fully saturated rings. The van der Waals surface area contributed by atoms with Crippen molar-refractivity contribution >= 4 is 34.5 Å². The van der Waals surface area contributed by atoms with Gasteiger partial charge >= 0.3 is 11.5 Å². The van der Waals surface area contributed by atoms with E-state index in [4.69, 9.17) is 10.5 Å². The van der Waals surface area contributed by atoms with Crippen molar-refractivity contribution in [1.29, 1.82) is 0 Å². The molecule has 0 saturated carbocycles. The van der Waals surface area contributed by atoms with Crippen molar-refractivity contribution < 1.29 is 32.6 Å². The maximum Gasteiger partial charge on any atom is 0.446 e. The highest BCUT2D eigenvalue weighted by molar-refractivity contribution is 8.00. The lowest BCUT2D eigenvalue weighted by Gasteiger charge is -2.13. The molecule has 3 aromatic carbocycles. The van der Waals surface area contributed by atoms with Crippen LogP contribution in [0.4, 0.5) is 13.2 Å². The topological polar surface area (TPSA) is 94.6 Å². The Kier molecular flexibility index (Phi) is 9.84. The first kappa shape index (κ1) is 28.6. The fourth-order valence-electron chi connectivity index (χ4n) is 3.67. The molecule has 6 nitrogen and oxygen atoms in total. The molecule has 0 aliphatic rings. The zero-order valence-corrected chi connectivity index (χ0v) is 21.4. The van der Waals surface area contributed by atoms with E-state index in [2.05, 4.69) is 0 Å². The third kappa shape index (κ3) is 8.58. The lowest BCUT2D eigenvalue weighted by molar-refractivity contribution is -0.118. The average Bonchev–Trinajstić information content (AvgIpc) is 3.20. The molecule has 1 aromatic heterocycles. The maximum atomic E-state index is 12.6. The van der Waals surface area contributed by atoms with Gasteiger partial charge in [-0.1, -0.05) is 37.3 Å². The van der Waals surface area contributed by atoms with Crippen molar-refractivity contribution in [2.45, 2.75) is 43.3 Å². The molecule has 0 aliphatic carbocycles. The Hall–Kier alpha value is -3.92. The second kappa shape index (κ2) is 13.0. The molecule has 10 heteroatoms. The number of carboxylic acids is 1. The molecular weight excluding hydrogens is 517 g/mol. The van der Waals surface area contributed by atoms with Crippen LogP contribution in [0.25, 0.3) is 10.9 Å². The number of carboxylic acid groups (broad SMARTS) is 1. The molecule has 4 aromatic rings. The van der Waals surface area contributed by atoms with E-state index in [0.717, 1.165) is 28.6 Å². The van der Waals surface area contributed by atoms with Crippen molar-refractivity contribution in [2.75, 3.05) is 0 Å². The third-order valence-corrected chi connectivity index (χ3v) is 6.10. The summed E-state index contributed by atoms with van der Waals surface area (Å²) < 4.78 is 45.6. The Balaban J connectivity index is 0.000000599. The molecule has 0 atom stereocenters. The van der Waals surface area contributed by atoms with E-state index in [1.807, 2.05) is 47.9 Å². The number of aromatic carboxylic acids is 1. The van der Waals surface area contributed by atoms with Gasteiger partial charge in [0, 0.05) is 28.8 Å². The predicted molar refractivity (Wildman–Crippen MR) is 141 cm³/mol. The summed E-state index contributed by atoms with van der Waals surface area (Å²) in [5, 5.41) is 10.1. The summed E-state index contributed by atoms with van der Waals surface area (Å²) in [7, 11) is 0. The minimum absolute atomic E-state index is 0.123. The van der Waals surface area contributed by atoms with Crippen LogP contribution < -0.4 is 10.5 Å². The third-order valence-electron chi connectivity index (χ3n) is 5.36. The smallest absolute Gasteiger partial charge is 0.446 e. The number of thioether (sulfide) groups is 1. The molecule has 0 saturated heterocycles. The van der Waals surface area contributed by atoms with Gasteiger partial charge in [0.1, 0.15) is 12.4 Å². The Morgan fingerprint density at radius 1 is 1.00 bits per heavy atom. The largest absolute Gasteiger partial charge is 0.487 e. The molecule has 200 valence electrons. The zero-order valence-electron chi connectivity index (χ0n) is 20.6. The number of nitrogens with two attached hydrogens (primary N) is 1. The Morgan fingerprint density at radius 2 is 1.68 bits per heavy atom. The first-order chi connectivity index (χ1) is 18.1. The average molecular weight is 545 g/mol. The van der Waals surface area contributed by atoms with Crippen LogP contribution in [0.5, 0.6) is 5.75 Å². The van der Waals surface area contributed by atoms with E-state index >= 15 is 0 Å². The normalized spacial score (nSPS) is 11.1. The van der Waals surface area contributed by atoms with Gasteiger partial charge in [-0.2, -0.15) is 13.2 Å². The standard InChI is InChI=1S/C24H18F3NO3S.C4H9NO/c25-24(26,27)32-21-9-6-16(7-10-21)14-28-19(15-31-20-4-2-1-3-5-20)13-18-12-17(23(29)30)8-11-22(18)28;1-2-3-4(5)6/h1-13H,14-15H2,(H,29,30);2-3H2,1H3,(H2,5,6). The summed E-state index contributed by atoms with van der Waals surface area (Å²) in [6.07, 6.45) is 1.37. The van der Waals surface area contributed by atoms with Crippen LogP contribution in [0.3, 0.4) is 0 Å². The Bertz CT molecular complexity index is 1370. The van der Waals surface area contributed by atoms with E-state index in [1.165, 1.54) is 18.2 Å². The number of para-hydroxylation sites is 1. The quantitative estimate of drug-likeness (QED) is 0.225. The first-order valence-electron chi connectivity index (χ1n) is 11.7. The van der Waals surface area contributed by atoms with Gasteiger partial charge in [-0.25, -0.2) is 4.79 Å². The van der Waals surface area contributed by atoms with Gasteiger partial charge in [0.05, 0.1) is 11.3 Å². The number of primary amides is 1. The number of hydrogen-bond donors (Lipinski definition) is 2. The lowest BCUT2D eigenvalue weighted by Crippen LogP contribution is -2.08. The number of rotatable bonds is 9. The second-order valence-electron chi connectivity index (χ2n) is 8.31. The number of halogens is 3. The summed E-state index contributed by atoms with van der Waals surface area (Å²) in [5.41, 5.74) is 3.06. The van der Waals surface area contributed by atoms with Crippen LogP contribution in [0.15, 0.2) is 83.8 Å². The molecule has 3 N–H and O–H groups in total. The van der Waals surface area contributed by atoms with E-state index in [1.54, 1.807) is 24.3 Å². The van der Waals surface area contributed by atoms with Gasteiger partial charge < -0.3 is 20.1 Å². The summed E-state index contributed by atoms with van der Waals surface area (Å²) in [4.78, 5) is 21.3. The maximum absolute atomic E-state index is 12.6. The number of benzene rings is 3. The molecule has 1 heterocycles. The number of carbonyl (C=O) groups excluding carboxylic acids is 1. The monoisotopic (exact) mass is 544 g/mol. The molecule has 0 bridgehead atoms. The van der Waals surface area contributed by atoms with Crippen LogP contribution in [-0.4, -0.2) is 27.1 Å². The van der Waals surface area contributed by atoms with Crippen LogP contribution in [0.2, 0.25) is 0 Å². The molecule has 4 rings (SSSR count). The summed E-state index contributed by atoms with van der Waals surface area (Å²) in [6, 6.07) is 22.3. The van der Waals surface area contributed by atoms with E-state index < -0.39 is 11.5 Å². The SMILES string of the molecule is CCCC(N)=O.O=C(O)c1ccc2c(c1)cc(COc1ccccc1)n2Cc1ccc(SC(F)(F)F)cc1. The number of carbonyl (C=O) groups is 2. The van der Waals surface area contributed by atoms with Crippen LogP contribution in [0, 0.1) is 0 Å². The summed E-state index contributed by atoms with van der Waals surface area (Å²) in [5.74, 6) is -0.527. The predicted octanol–water partition coefficient (Wildman–Crippen LogP) is 6.85. The fraction of sp³-hybridized carbons (Fsp3) is 0.214. The lowest BCUT2D eigenvalue weighted by atomic mass is 10.1. The first-order valence-corrected chi connectivity index (χ1v) is 12.5. The summed E-state index contributed by atoms with van der Waals surface area (Å²) >= 11 is -0.149. The number of aromatic nitrogens is 1. The molecule has 0 spiro atoms. The second-order valence-corrected chi connectivity index (χ2v) is 9.45. The van der Waals surface area contributed by atoms with Crippen LogP contribution in [0.1, 0.15) is 41.4 Å². The highest BCUT2D eigenvalue weighted by Gasteiger charge is 2.29. The van der Waals surface area contributed by atoms with Gasteiger partial charge in [-0.05, 0) is 72.3 Å². The van der Waals surface area contributed by atoms with Crippen LogP contribution in [-0.2, 0) is 17.9 Å². The molecule has 38 heavy (non-hydrogen) atoms. The van der Waals surface area contributed by atoms with E-state index in [9.17, 15) is 27.9 Å². The minimum atomic E-state index is -4.33. The molecule has 0 unspecified atom stereocenters. The van der Waals surface area contributed by atoms with Crippen molar-refractivity contribution in [2.24, 2.45) is 5.73 Å². The number of amides is 1. The van der Waals surface area contributed by atoms with Crippen molar-refractivity contribution in [3.63, 3.8) is 0 Å². The van der Waals surface area contributed by atoms with Crippen molar-refractivity contribution in [1.82, 2.24) is 4.57 Å². The highest BCUT2D eigenvalue weighted by Crippen LogP contribution is 2.36. The number of alkyl halides is 3. The zero-order chi connectivity index (χ0) is 27.7. The Labute approximate surface area is 222 Å². The van der Waals surface area contributed by atoms with Gasteiger partial charge in [0.25, 0.3) is 0 Å². The van der Waals surface area contributed by atoms with Crippen molar-refractivity contribution in [3.05, 3.63) is 95.7 Å². The van der Waals surface area contributed by atoms with Gasteiger partial charge in [0.15, 0.2) is 0 Å². The highest BCUT2D eigenvalue weighted by atomic mass is 32.2. The Morgan fingerprint density at radius 3 is 2.24 bits per heavy atom. The van der Waals surface area contributed by atoms with Gasteiger partial charge in [0.2, 0.25) is 5.91 Å². The molecular formula is C28H27F3N2O4S. The van der Waals surface area contributed by atoms with Crippen molar-refractivity contribution in [3.8, 4) is 5.75 Å². The minimum Gasteiger partial charge on any atom is -0.487 e. The molecule has 0 radical (unpaired) electrons. The number of hydrogen-bond acceptors (Lipinski definition) is 4. The van der Waals surface area contributed by atoms with E-state index in [0.29, 0.717) is 18.7 Å². The van der Waals surface area contributed by atoms with Crippen LogP contribution >= 0.6 is 11.8 Å². The van der Waals surface area contributed by atoms with E-state index in [-0.39, 0.29) is 34.7 Å². The summed E-state index contributed by atoms with van der Waals surface area (Å²) in [6.45, 7) is 2.58. The van der Waals surface area contributed by atoms with Gasteiger partial charge in [-0.15, -0.1) is 0 Å². The number of ether oxygens (including phenoxy) is 1. The number of fused-ring (bicyclic) bond motifs is 1. The van der Waals surface area contributed by atoms with Gasteiger partial charge in [-0.3, -0.25) is 4.79 Å². The fourth-order valence-corrected chi connectivity index (χ4v) is 4.21. The number of nitrogens with zero attached hydrogens (tertiary/aromatic N) is 1. The molecule has 1 amide bonds.